The van der Waals surface area contributed by atoms with Gasteiger partial charge in [0.25, 0.3) is 5.91 Å². The maximum atomic E-state index is 15.8. The number of carbonyl (C=O) groups is 1. The maximum absolute atomic E-state index is 15.8. The van der Waals surface area contributed by atoms with Gasteiger partial charge < -0.3 is 14.2 Å². The molecule has 0 aliphatic carbocycles. The molecule has 3 aromatic rings. The SMILES string of the molecule is Cn1cnnc1[C@H](F)C1(c2cccc(N3Cc4c(cc(CN5CC(C(F)F)C5)cc4C(F)(F)F)C3=O)c2)COC1. The van der Waals surface area contributed by atoms with Gasteiger partial charge in [0, 0.05) is 43.9 Å². The first-order chi connectivity index (χ1) is 19.0. The van der Waals surface area contributed by atoms with Gasteiger partial charge in [0.1, 0.15) is 6.33 Å². The van der Waals surface area contributed by atoms with Crippen LogP contribution in [-0.4, -0.2) is 58.3 Å². The van der Waals surface area contributed by atoms with Crippen LogP contribution in [0.2, 0.25) is 0 Å². The normalized spacial score (nSPS) is 20.0. The molecule has 1 amide bonds. The summed E-state index contributed by atoms with van der Waals surface area (Å²) in [6, 6.07) is 8.94. The van der Waals surface area contributed by atoms with E-state index in [1.807, 2.05) is 0 Å². The number of carbonyl (C=O) groups excluding carboxylic acids is 1. The van der Waals surface area contributed by atoms with Crippen molar-refractivity contribution in [3.8, 4) is 0 Å². The van der Waals surface area contributed by atoms with E-state index in [4.69, 9.17) is 4.74 Å². The van der Waals surface area contributed by atoms with Crippen LogP contribution in [0.15, 0.2) is 42.7 Å². The first-order valence-electron chi connectivity index (χ1n) is 12.7. The number of halogens is 6. The van der Waals surface area contributed by atoms with Gasteiger partial charge in [0.15, 0.2) is 12.0 Å². The number of ether oxygens (including phenoxy) is 1. The van der Waals surface area contributed by atoms with E-state index in [9.17, 15) is 26.7 Å². The van der Waals surface area contributed by atoms with Crippen molar-refractivity contribution in [1.29, 1.82) is 0 Å². The number of benzene rings is 2. The second-order valence-corrected chi connectivity index (χ2v) is 10.7. The highest BCUT2D eigenvalue weighted by Crippen LogP contribution is 2.47. The van der Waals surface area contributed by atoms with E-state index < -0.39 is 41.6 Å². The number of nitrogens with zero attached hydrogens (tertiary/aromatic N) is 5. The van der Waals surface area contributed by atoms with E-state index in [-0.39, 0.29) is 61.9 Å². The second kappa shape index (κ2) is 9.58. The number of likely N-dealkylation sites (tertiary alicyclic amines) is 1. The molecule has 1 atom stereocenters. The summed E-state index contributed by atoms with van der Waals surface area (Å²) in [5.41, 5.74) is -1.16. The van der Waals surface area contributed by atoms with Gasteiger partial charge in [0.2, 0.25) is 6.43 Å². The zero-order chi connectivity index (χ0) is 28.4. The Labute approximate surface area is 225 Å². The van der Waals surface area contributed by atoms with E-state index in [1.165, 1.54) is 21.9 Å². The second-order valence-electron chi connectivity index (χ2n) is 10.7. The summed E-state index contributed by atoms with van der Waals surface area (Å²) in [6.07, 6.45) is -7.38. The van der Waals surface area contributed by atoms with E-state index in [0.29, 0.717) is 11.3 Å². The molecule has 2 fully saturated rings. The van der Waals surface area contributed by atoms with Crippen LogP contribution >= 0.6 is 0 Å². The fourth-order valence-corrected chi connectivity index (χ4v) is 5.71. The van der Waals surface area contributed by atoms with Crippen LogP contribution in [0.1, 0.15) is 44.6 Å². The van der Waals surface area contributed by atoms with Gasteiger partial charge >= 0.3 is 6.18 Å². The molecule has 0 saturated carbocycles. The Hall–Kier alpha value is -3.45. The Bertz CT molecular complexity index is 1450. The molecule has 40 heavy (non-hydrogen) atoms. The maximum Gasteiger partial charge on any atom is 0.416 e. The molecule has 0 N–H and O–H groups in total. The Morgan fingerprint density at radius 2 is 1.88 bits per heavy atom. The number of hydrogen-bond donors (Lipinski definition) is 0. The van der Waals surface area contributed by atoms with Crippen LogP contribution in [0, 0.1) is 5.92 Å². The van der Waals surface area contributed by atoms with Crippen molar-refractivity contribution in [3.05, 3.63) is 76.4 Å². The van der Waals surface area contributed by atoms with Gasteiger partial charge in [-0.3, -0.25) is 9.69 Å². The largest absolute Gasteiger partial charge is 0.416 e. The summed E-state index contributed by atoms with van der Waals surface area (Å²) in [4.78, 5) is 16.3. The Kier molecular flexibility index (Phi) is 6.41. The highest BCUT2D eigenvalue weighted by molar-refractivity contribution is 6.10. The summed E-state index contributed by atoms with van der Waals surface area (Å²) in [7, 11) is 1.62. The zero-order valence-corrected chi connectivity index (χ0v) is 21.3. The first kappa shape index (κ1) is 26.8. The predicted molar refractivity (Wildman–Crippen MR) is 131 cm³/mol. The lowest BCUT2D eigenvalue weighted by atomic mass is 9.74. The summed E-state index contributed by atoms with van der Waals surface area (Å²) in [5, 5.41) is 7.63. The minimum atomic E-state index is -4.72. The molecule has 0 unspecified atom stereocenters. The number of aryl methyl sites for hydroxylation is 1. The smallest absolute Gasteiger partial charge is 0.379 e. The number of fused-ring (bicyclic) bond motifs is 1. The van der Waals surface area contributed by atoms with Crippen molar-refractivity contribution in [2.45, 2.75) is 37.3 Å². The third-order valence-corrected chi connectivity index (χ3v) is 8.07. The standard InChI is InChI=1S/C27H25F6N5O2/c1-36-14-34-35-24(36)22(28)26(12-40-13-26)17-3-2-4-18(7-17)38-11-20-19(25(38)39)5-15(6-21(20)27(31,32)33)8-37-9-16(10-37)23(29)30/h2-7,14,16,22-23H,8-13H2,1H3/t22-/m0/s1. The number of amides is 1. The molecule has 6 rings (SSSR count). The molecule has 0 radical (unpaired) electrons. The lowest BCUT2D eigenvalue weighted by Gasteiger charge is -2.43. The van der Waals surface area contributed by atoms with E-state index in [1.54, 1.807) is 36.2 Å². The third kappa shape index (κ3) is 4.35. The third-order valence-electron chi connectivity index (χ3n) is 8.07. The minimum Gasteiger partial charge on any atom is -0.379 e. The average molecular weight is 566 g/mol. The fraction of sp³-hybridized carbons (Fsp3) is 0.444. The summed E-state index contributed by atoms with van der Waals surface area (Å²) >= 11 is 0. The number of aromatic nitrogens is 3. The van der Waals surface area contributed by atoms with Gasteiger partial charge in [-0.15, -0.1) is 10.2 Å². The highest BCUT2D eigenvalue weighted by atomic mass is 19.4. The van der Waals surface area contributed by atoms with Crippen molar-refractivity contribution in [2.75, 3.05) is 31.2 Å². The van der Waals surface area contributed by atoms with Gasteiger partial charge in [-0.05, 0) is 41.0 Å². The molecule has 0 spiro atoms. The van der Waals surface area contributed by atoms with Gasteiger partial charge in [-0.2, -0.15) is 13.2 Å². The monoisotopic (exact) mass is 565 g/mol. The van der Waals surface area contributed by atoms with Crippen molar-refractivity contribution >= 4 is 11.6 Å². The van der Waals surface area contributed by atoms with Crippen LogP contribution in [-0.2, 0) is 36.5 Å². The van der Waals surface area contributed by atoms with Crippen LogP contribution in [0.25, 0.3) is 0 Å². The molecule has 0 bridgehead atoms. The topological polar surface area (TPSA) is 63.5 Å². The molecule has 4 heterocycles. The van der Waals surface area contributed by atoms with E-state index in [0.717, 1.165) is 6.07 Å². The van der Waals surface area contributed by atoms with Crippen LogP contribution < -0.4 is 4.90 Å². The van der Waals surface area contributed by atoms with Crippen LogP contribution in [0.3, 0.4) is 0 Å². The minimum absolute atomic E-state index is 0.0325. The Morgan fingerprint density at radius 1 is 1.12 bits per heavy atom. The van der Waals surface area contributed by atoms with Gasteiger partial charge in [0.05, 0.1) is 30.7 Å². The highest BCUT2D eigenvalue weighted by Gasteiger charge is 2.51. The number of hydrogen-bond acceptors (Lipinski definition) is 5. The zero-order valence-electron chi connectivity index (χ0n) is 21.3. The van der Waals surface area contributed by atoms with Crippen LogP contribution in [0.5, 0.6) is 0 Å². The summed E-state index contributed by atoms with van der Waals surface area (Å²) in [6.45, 7) is 0.00350. The van der Waals surface area contributed by atoms with Crippen molar-refractivity contribution in [1.82, 2.24) is 19.7 Å². The summed E-state index contributed by atoms with van der Waals surface area (Å²) < 4.78 is 90.6. The lowest BCUT2D eigenvalue weighted by Crippen LogP contribution is -2.50. The number of anilines is 1. The van der Waals surface area contributed by atoms with Crippen molar-refractivity contribution in [3.63, 3.8) is 0 Å². The quantitative estimate of drug-likeness (QED) is 0.390. The van der Waals surface area contributed by atoms with Crippen LogP contribution in [0.4, 0.5) is 32.0 Å². The average Bonchev–Trinajstić information content (AvgIpc) is 3.42. The molecule has 3 aliphatic rings. The van der Waals surface area contributed by atoms with E-state index in [2.05, 4.69) is 10.2 Å². The lowest BCUT2D eigenvalue weighted by molar-refractivity contribution is -0.138. The number of alkyl halides is 6. The van der Waals surface area contributed by atoms with Gasteiger partial charge in [-0.1, -0.05) is 12.1 Å². The predicted octanol–water partition coefficient (Wildman–Crippen LogP) is 4.67. The molecule has 7 nitrogen and oxygen atoms in total. The molecule has 2 saturated heterocycles. The van der Waals surface area contributed by atoms with Crippen molar-refractivity contribution < 1.29 is 35.9 Å². The Morgan fingerprint density at radius 3 is 2.48 bits per heavy atom. The molecule has 2 aromatic carbocycles. The Balaban J connectivity index is 1.30. The van der Waals surface area contributed by atoms with E-state index >= 15 is 4.39 Å². The molecule has 3 aliphatic heterocycles. The molecular weight excluding hydrogens is 540 g/mol. The molecule has 212 valence electrons. The first-order valence-corrected chi connectivity index (χ1v) is 12.7. The number of rotatable bonds is 7. The van der Waals surface area contributed by atoms with Crippen molar-refractivity contribution in [2.24, 2.45) is 13.0 Å². The molecule has 1 aromatic heterocycles. The summed E-state index contributed by atoms with van der Waals surface area (Å²) in [5.74, 6) is -1.30. The van der Waals surface area contributed by atoms with Gasteiger partial charge in [-0.25, -0.2) is 13.2 Å². The fourth-order valence-electron chi connectivity index (χ4n) is 5.71. The molecular formula is C27H25F6N5O2. The molecule has 13 heteroatoms.